The largest absolute Gasteiger partial charge is 0.326 e. The number of nitro groups is 1. The molecule has 0 aromatic heterocycles. The van der Waals surface area contributed by atoms with Crippen LogP contribution in [-0.2, 0) is 4.79 Å². The molecular formula is C18H16FN3O4. The lowest BCUT2D eigenvalue weighted by Crippen LogP contribution is -2.15. The second-order valence-electron chi connectivity index (χ2n) is 6.26. The van der Waals surface area contributed by atoms with Gasteiger partial charge >= 0.3 is 5.69 Å². The van der Waals surface area contributed by atoms with E-state index in [1.165, 1.54) is 18.2 Å². The molecule has 1 fully saturated rings. The molecule has 0 aliphatic heterocycles. The third-order valence-corrected chi connectivity index (χ3v) is 4.26. The maximum Gasteiger partial charge on any atom is 0.306 e. The Bertz CT molecular complexity index is 883. The third kappa shape index (κ3) is 3.85. The Hall–Kier alpha value is -3.29. The molecule has 3 rings (SSSR count). The van der Waals surface area contributed by atoms with Crippen molar-refractivity contribution in [3.8, 4) is 0 Å². The van der Waals surface area contributed by atoms with E-state index < -0.39 is 22.3 Å². The highest BCUT2D eigenvalue weighted by Gasteiger charge is 2.39. The topological polar surface area (TPSA) is 101 Å². The van der Waals surface area contributed by atoms with Gasteiger partial charge < -0.3 is 10.6 Å². The number of halogens is 1. The van der Waals surface area contributed by atoms with Gasteiger partial charge in [-0.15, -0.1) is 0 Å². The van der Waals surface area contributed by atoms with Gasteiger partial charge in [-0.3, -0.25) is 19.7 Å². The van der Waals surface area contributed by atoms with Gasteiger partial charge in [-0.05, 0) is 48.7 Å². The Labute approximate surface area is 148 Å². The van der Waals surface area contributed by atoms with Crippen LogP contribution in [0.4, 0.5) is 21.5 Å². The molecule has 2 amide bonds. The minimum atomic E-state index is -0.974. The Morgan fingerprint density at radius 1 is 1.12 bits per heavy atom. The Balaban J connectivity index is 1.65. The molecule has 0 saturated heterocycles. The molecule has 0 bridgehead atoms. The zero-order valence-corrected chi connectivity index (χ0v) is 13.9. The molecule has 2 atom stereocenters. The first-order valence-electron chi connectivity index (χ1n) is 8.01. The van der Waals surface area contributed by atoms with E-state index >= 15 is 0 Å². The van der Waals surface area contributed by atoms with Crippen LogP contribution in [0.15, 0.2) is 42.5 Å². The predicted octanol–water partition coefficient (Wildman–Crippen LogP) is 3.58. The number of carbonyl (C=O) groups is 2. The van der Waals surface area contributed by atoms with Crippen molar-refractivity contribution in [2.24, 2.45) is 11.8 Å². The van der Waals surface area contributed by atoms with Gasteiger partial charge in [0, 0.05) is 28.9 Å². The summed E-state index contributed by atoms with van der Waals surface area (Å²) in [6, 6.07) is 9.38. The van der Waals surface area contributed by atoms with Crippen molar-refractivity contribution in [3.63, 3.8) is 0 Å². The number of benzene rings is 2. The van der Waals surface area contributed by atoms with Crippen LogP contribution < -0.4 is 10.6 Å². The van der Waals surface area contributed by atoms with Crippen LogP contribution in [0.2, 0.25) is 0 Å². The van der Waals surface area contributed by atoms with E-state index in [0.717, 1.165) is 18.6 Å². The Kier molecular flexibility index (Phi) is 4.66. The Morgan fingerprint density at radius 3 is 2.31 bits per heavy atom. The fourth-order valence-electron chi connectivity index (χ4n) is 2.56. The molecule has 2 N–H and O–H groups in total. The number of hydrogen-bond acceptors (Lipinski definition) is 4. The predicted molar refractivity (Wildman–Crippen MR) is 93.4 cm³/mol. The van der Waals surface area contributed by atoms with Gasteiger partial charge in [0.1, 0.15) is 0 Å². The van der Waals surface area contributed by atoms with Gasteiger partial charge in [-0.2, -0.15) is 4.39 Å². The van der Waals surface area contributed by atoms with Crippen LogP contribution in [0.1, 0.15) is 23.7 Å². The lowest BCUT2D eigenvalue weighted by Gasteiger charge is -2.08. The molecule has 7 nitrogen and oxygen atoms in total. The van der Waals surface area contributed by atoms with E-state index in [4.69, 9.17) is 0 Å². The second-order valence-corrected chi connectivity index (χ2v) is 6.26. The summed E-state index contributed by atoms with van der Waals surface area (Å²) in [5.41, 5.74) is 0.288. The zero-order chi connectivity index (χ0) is 18.8. The number of rotatable bonds is 5. The summed E-state index contributed by atoms with van der Waals surface area (Å²) in [4.78, 5) is 34.0. The van der Waals surface area contributed by atoms with Crippen LogP contribution in [0.5, 0.6) is 0 Å². The van der Waals surface area contributed by atoms with Crippen molar-refractivity contribution in [2.75, 3.05) is 10.6 Å². The molecule has 1 aliphatic carbocycles. The van der Waals surface area contributed by atoms with Gasteiger partial charge in [-0.1, -0.05) is 6.92 Å². The number of nitrogens with one attached hydrogen (secondary N) is 2. The highest BCUT2D eigenvalue weighted by Crippen LogP contribution is 2.38. The van der Waals surface area contributed by atoms with Crippen LogP contribution in [0.25, 0.3) is 0 Å². The van der Waals surface area contributed by atoms with Crippen molar-refractivity contribution < 1.29 is 18.9 Å². The minimum absolute atomic E-state index is 0.0340. The first kappa shape index (κ1) is 17.5. The molecule has 1 aliphatic rings. The minimum Gasteiger partial charge on any atom is -0.326 e. The summed E-state index contributed by atoms with van der Waals surface area (Å²) in [5, 5.41) is 16.0. The molecule has 0 unspecified atom stereocenters. The number of nitro benzene ring substituents is 1. The fraction of sp³-hybridized carbons (Fsp3) is 0.222. The maximum absolute atomic E-state index is 13.3. The van der Waals surface area contributed by atoms with E-state index in [9.17, 15) is 24.1 Å². The monoisotopic (exact) mass is 357 g/mol. The average Bonchev–Trinajstić information content (AvgIpc) is 3.34. The van der Waals surface area contributed by atoms with Crippen LogP contribution in [0.3, 0.4) is 0 Å². The highest BCUT2D eigenvalue weighted by atomic mass is 19.1. The lowest BCUT2D eigenvalue weighted by atomic mass is 10.1. The standard InChI is InChI=1S/C18H16FN3O4/c1-10-8-14(10)18(24)20-12-4-2-11(3-5-12)17(23)21-13-6-7-15(19)16(9-13)22(25)26/h2-7,9-10,14H,8H2,1H3,(H,20,24)(H,21,23)/t10-,14-/m0/s1. The summed E-state index contributed by atoms with van der Waals surface area (Å²) < 4.78 is 13.3. The number of anilines is 2. The van der Waals surface area contributed by atoms with Gasteiger partial charge in [0.15, 0.2) is 0 Å². The number of carbonyl (C=O) groups excluding carboxylic acids is 2. The summed E-state index contributed by atoms with van der Waals surface area (Å²) in [6.07, 6.45) is 0.885. The molecular weight excluding hydrogens is 341 g/mol. The summed E-state index contributed by atoms with van der Waals surface area (Å²) >= 11 is 0. The normalized spacial score (nSPS) is 18.1. The summed E-state index contributed by atoms with van der Waals surface area (Å²) in [6.45, 7) is 2.01. The third-order valence-electron chi connectivity index (χ3n) is 4.26. The van der Waals surface area contributed by atoms with E-state index in [2.05, 4.69) is 10.6 Å². The SMILES string of the molecule is C[C@H]1C[C@@H]1C(=O)Nc1ccc(C(=O)Nc2ccc(F)c([N+](=O)[O-])c2)cc1. The van der Waals surface area contributed by atoms with Crippen LogP contribution in [-0.4, -0.2) is 16.7 Å². The van der Waals surface area contributed by atoms with Gasteiger partial charge in [-0.25, -0.2) is 0 Å². The first-order valence-corrected chi connectivity index (χ1v) is 8.01. The van der Waals surface area contributed by atoms with Gasteiger partial charge in [0.05, 0.1) is 4.92 Å². The van der Waals surface area contributed by atoms with E-state index in [-0.39, 0.29) is 17.5 Å². The summed E-state index contributed by atoms with van der Waals surface area (Å²) in [5.74, 6) is -1.06. The second kappa shape index (κ2) is 6.91. The van der Waals surface area contributed by atoms with E-state index in [1.54, 1.807) is 12.1 Å². The molecule has 2 aromatic carbocycles. The van der Waals surface area contributed by atoms with E-state index in [1.807, 2.05) is 6.92 Å². The maximum atomic E-state index is 13.3. The molecule has 2 aromatic rings. The smallest absolute Gasteiger partial charge is 0.306 e. The highest BCUT2D eigenvalue weighted by molar-refractivity contribution is 6.05. The van der Waals surface area contributed by atoms with Crippen molar-refractivity contribution in [1.29, 1.82) is 0 Å². The number of hydrogen-bond donors (Lipinski definition) is 2. The van der Waals surface area contributed by atoms with Crippen molar-refractivity contribution in [3.05, 3.63) is 64.0 Å². The Morgan fingerprint density at radius 2 is 1.73 bits per heavy atom. The van der Waals surface area contributed by atoms with Crippen molar-refractivity contribution >= 4 is 28.9 Å². The van der Waals surface area contributed by atoms with Gasteiger partial charge in [0.25, 0.3) is 5.91 Å². The first-order chi connectivity index (χ1) is 12.3. The molecule has 0 radical (unpaired) electrons. The number of nitrogens with zero attached hydrogens (tertiary/aromatic N) is 1. The average molecular weight is 357 g/mol. The van der Waals surface area contributed by atoms with Crippen LogP contribution >= 0.6 is 0 Å². The zero-order valence-electron chi connectivity index (χ0n) is 13.9. The van der Waals surface area contributed by atoms with Crippen LogP contribution in [0, 0.1) is 27.8 Å². The lowest BCUT2D eigenvalue weighted by molar-refractivity contribution is -0.387. The molecule has 134 valence electrons. The molecule has 0 heterocycles. The van der Waals surface area contributed by atoms with E-state index in [0.29, 0.717) is 17.2 Å². The quantitative estimate of drug-likeness (QED) is 0.631. The summed E-state index contributed by atoms with van der Waals surface area (Å²) in [7, 11) is 0. The van der Waals surface area contributed by atoms with Gasteiger partial charge in [0.2, 0.25) is 11.7 Å². The van der Waals surface area contributed by atoms with Crippen molar-refractivity contribution in [2.45, 2.75) is 13.3 Å². The molecule has 0 spiro atoms. The molecule has 26 heavy (non-hydrogen) atoms. The molecule has 1 saturated carbocycles. The fourth-order valence-corrected chi connectivity index (χ4v) is 2.56. The van der Waals surface area contributed by atoms with Crippen molar-refractivity contribution in [1.82, 2.24) is 0 Å². The molecule has 8 heteroatoms. The number of amides is 2.